The standard InChI is InChI=1S/C18H18N4O2/c19-14-7-3-6-13-16(14)18(24)22(17(13)23)12-5-4-10-21(11-12)15-8-1-2-9-20-15/h1-3,6-9,12H,4-5,10-11,19H2/t12-/m1/s1. The van der Waals surface area contributed by atoms with Gasteiger partial charge in [0.1, 0.15) is 5.82 Å². The van der Waals surface area contributed by atoms with Gasteiger partial charge in [0.25, 0.3) is 11.8 Å². The Labute approximate surface area is 139 Å². The number of imide groups is 1. The molecule has 0 bridgehead atoms. The molecule has 0 saturated carbocycles. The van der Waals surface area contributed by atoms with Crippen molar-refractivity contribution >= 4 is 23.3 Å². The molecule has 2 aliphatic heterocycles. The molecule has 122 valence electrons. The largest absolute Gasteiger partial charge is 0.398 e. The lowest BCUT2D eigenvalue weighted by Gasteiger charge is -2.37. The number of anilines is 2. The van der Waals surface area contributed by atoms with Crippen LogP contribution in [0.4, 0.5) is 11.5 Å². The maximum absolute atomic E-state index is 12.8. The number of hydrogen-bond donors (Lipinski definition) is 1. The molecule has 2 amide bonds. The zero-order valence-corrected chi connectivity index (χ0v) is 13.2. The van der Waals surface area contributed by atoms with Crippen LogP contribution in [0.5, 0.6) is 0 Å². The maximum Gasteiger partial charge on any atom is 0.263 e. The van der Waals surface area contributed by atoms with Gasteiger partial charge in [-0.25, -0.2) is 4.98 Å². The summed E-state index contributed by atoms with van der Waals surface area (Å²) in [6.07, 6.45) is 3.46. The van der Waals surface area contributed by atoms with Crippen molar-refractivity contribution in [1.82, 2.24) is 9.88 Å². The van der Waals surface area contributed by atoms with E-state index >= 15 is 0 Å². The van der Waals surface area contributed by atoms with Crippen LogP contribution in [0.15, 0.2) is 42.6 Å². The quantitative estimate of drug-likeness (QED) is 0.675. The highest BCUT2D eigenvalue weighted by molar-refractivity contribution is 6.23. The minimum atomic E-state index is -0.277. The second-order valence-corrected chi connectivity index (χ2v) is 6.18. The van der Waals surface area contributed by atoms with E-state index < -0.39 is 0 Å². The Morgan fingerprint density at radius 2 is 1.96 bits per heavy atom. The van der Waals surface area contributed by atoms with Crippen LogP contribution in [0.1, 0.15) is 33.6 Å². The summed E-state index contributed by atoms with van der Waals surface area (Å²) in [5.41, 5.74) is 7.04. The SMILES string of the molecule is Nc1cccc2c1C(=O)N([C@@H]1CCCN(c3ccccn3)C1)C2=O. The Balaban J connectivity index is 1.62. The van der Waals surface area contributed by atoms with E-state index in [1.54, 1.807) is 24.4 Å². The van der Waals surface area contributed by atoms with Crippen LogP contribution in [0.25, 0.3) is 0 Å². The van der Waals surface area contributed by atoms with Crippen LogP contribution >= 0.6 is 0 Å². The summed E-state index contributed by atoms with van der Waals surface area (Å²) in [7, 11) is 0. The fourth-order valence-corrected chi connectivity index (χ4v) is 3.58. The lowest BCUT2D eigenvalue weighted by molar-refractivity contribution is 0.0570. The van der Waals surface area contributed by atoms with Gasteiger partial charge in [-0.1, -0.05) is 12.1 Å². The number of nitrogens with two attached hydrogens (primary N) is 1. The second-order valence-electron chi connectivity index (χ2n) is 6.18. The van der Waals surface area contributed by atoms with E-state index in [2.05, 4.69) is 9.88 Å². The number of amides is 2. The van der Waals surface area contributed by atoms with E-state index in [4.69, 9.17) is 5.73 Å². The number of benzene rings is 1. The molecule has 3 heterocycles. The van der Waals surface area contributed by atoms with Crippen LogP contribution < -0.4 is 10.6 Å². The minimum absolute atomic E-state index is 0.160. The number of hydrogen-bond acceptors (Lipinski definition) is 5. The number of carbonyl (C=O) groups excluding carboxylic acids is 2. The van der Waals surface area contributed by atoms with Crippen LogP contribution in [0.3, 0.4) is 0 Å². The first-order chi connectivity index (χ1) is 11.7. The number of aromatic nitrogens is 1. The van der Waals surface area contributed by atoms with Crippen molar-refractivity contribution in [3.63, 3.8) is 0 Å². The normalized spacial score (nSPS) is 20.4. The fourth-order valence-electron chi connectivity index (χ4n) is 3.58. The van der Waals surface area contributed by atoms with Gasteiger partial charge >= 0.3 is 0 Å². The average molecular weight is 322 g/mol. The summed E-state index contributed by atoms with van der Waals surface area (Å²) in [6.45, 7) is 1.47. The molecule has 24 heavy (non-hydrogen) atoms. The molecule has 2 aliphatic rings. The number of fused-ring (bicyclic) bond motifs is 1. The third-order valence-electron chi connectivity index (χ3n) is 4.71. The summed E-state index contributed by atoms with van der Waals surface area (Å²) >= 11 is 0. The molecule has 1 aromatic heterocycles. The average Bonchev–Trinajstić information content (AvgIpc) is 2.88. The Hall–Kier alpha value is -2.89. The summed E-state index contributed by atoms with van der Waals surface area (Å²) in [5, 5.41) is 0. The summed E-state index contributed by atoms with van der Waals surface area (Å²) in [6, 6.07) is 10.6. The molecule has 6 nitrogen and oxygen atoms in total. The lowest BCUT2D eigenvalue weighted by Crippen LogP contribution is -2.50. The predicted octanol–water partition coefficient (Wildman–Crippen LogP) is 1.93. The number of piperidine rings is 1. The number of carbonyl (C=O) groups is 2. The summed E-state index contributed by atoms with van der Waals surface area (Å²) in [5.74, 6) is 0.356. The van der Waals surface area contributed by atoms with E-state index in [1.165, 1.54) is 4.90 Å². The first kappa shape index (κ1) is 14.7. The predicted molar refractivity (Wildman–Crippen MR) is 90.8 cm³/mol. The second kappa shape index (κ2) is 5.63. The van der Waals surface area contributed by atoms with Crippen molar-refractivity contribution in [2.75, 3.05) is 23.7 Å². The van der Waals surface area contributed by atoms with Crippen molar-refractivity contribution in [1.29, 1.82) is 0 Å². The molecule has 0 unspecified atom stereocenters. The van der Waals surface area contributed by atoms with Crippen molar-refractivity contribution in [3.8, 4) is 0 Å². The molecular formula is C18H18N4O2. The first-order valence-electron chi connectivity index (χ1n) is 8.09. The van der Waals surface area contributed by atoms with Crippen molar-refractivity contribution in [2.45, 2.75) is 18.9 Å². The topological polar surface area (TPSA) is 79.5 Å². The zero-order chi connectivity index (χ0) is 16.7. The third-order valence-corrected chi connectivity index (χ3v) is 4.71. The molecular weight excluding hydrogens is 304 g/mol. The van der Waals surface area contributed by atoms with Gasteiger partial charge in [-0.3, -0.25) is 14.5 Å². The van der Waals surface area contributed by atoms with Gasteiger partial charge in [-0.15, -0.1) is 0 Å². The molecule has 1 saturated heterocycles. The molecule has 0 spiro atoms. The number of rotatable bonds is 2. The number of nitrogens with zero attached hydrogens (tertiary/aromatic N) is 3. The molecule has 1 aromatic carbocycles. The Morgan fingerprint density at radius 1 is 1.08 bits per heavy atom. The van der Waals surface area contributed by atoms with Crippen LogP contribution in [-0.4, -0.2) is 40.8 Å². The van der Waals surface area contributed by atoms with Crippen LogP contribution in [-0.2, 0) is 0 Å². The Bertz CT molecular complexity index is 806. The molecule has 1 atom stereocenters. The van der Waals surface area contributed by atoms with Gasteiger partial charge in [0.05, 0.1) is 17.2 Å². The highest BCUT2D eigenvalue weighted by Gasteiger charge is 2.42. The van der Waals surface area contributed by atoms with E-state index in [9.17, 15) is 9.59 Å². The Kier molecular flexibility index (Phi) is 3.45. The highest BCUT2D eigenvalue weighted by Crippen LogP contribution is 2.31. The number of nitrogen functional groups attached to an aromatic ring is 1. The molecule has 6 heteroatoms. The van der Waals surface area contributed by atoms with Gasteiger partial charge in [-0.2, -0.15) is 0 Å². The van der Waals surface area contributed by atoms with E-state index in [0.717, 1.165) is 25.2 Å². The van der Waals surface area contributed by atoms with Gasteiger partial charge in [0.15, 0.2) is 0 Å². The smallest absolute Gasteiger partial charge is 0.263 e. The van der Waals surface area contributed by atoms with Crippen LogP contribution in [0.2, 0.25) is 0 Å². The van der Waals surface area contributed by atoms with Gasteiger partial charge < -0.3 is 10.6 Å². The number of pyridine rings is 1. The van der Waals surface area contributed by atoms with Crippen molar-refractivity contribution in [3.05, 3.63) is 53.7 Å². The van der Waals surface area contributed by atoms with E-state index in [-0.39, 0.29) is 17.9 Å². The van der Waals surface area contributed by atoms with Crippen LogP contribution in [0, 0.1) is 0 Å². The molecule has 0 radical (unpaired) electrons. The molecule has 0 aliphatic carbocycles. The Morgan fingerprint density at radius 3 is 2.71 bits per heavy atom. The first-order valence-corrected chi connectivity index (χ1v) is 8.09. The van der Waals surface area contributed by atoms with E-state index in [1.807, 2.05) is 18.2 Å². The fraction of sp³-hybridized carbons (Fsp3) is 0.278. The van der Waals surface area contributed by atoms with E-state index in [0.29, 0.717) is 23.4 Å². The maximum atomic E-state index is 12.8. The monoisotopic (exact) mass is 322 g/mol. The highest BCUT2D eigenvalue weighted by atomic mass is 16.2. The van der Waals surface area contributed by atoms with Crippen molar-refractivity contribution in [2.24, 2.45) is 0 Å². The zero-order valence-electron chi connectivity index (χ0n) is 13.2. The lowest BCUT2D eigenvalue weighted by atomic mass is 10.0. The molecule has 2 aromatic rings. The molecule has 1 fully saturated rings. The van der Waals surface area contributed by atoms with Gasteiger partial charge in [-0.05, 0) is 37.1 Å². The van der Waals surface area contributed by atoms with Crippen molar-refractivity contribution < 1.29 is 9.59 Å². The molecule has 2 N–H and O–H groups in total. The summed E-state index contributed by atoms with van der Waals surface area (Å²) < 4.78 is 0. The van der Waals surface area contributed by atoms with Gasteiger partial charge in [0.2, 0.25) is 0 Å². The summed E-state index contributed by atoms with van der Waals surface area (Å²) in [4.78, 5) is 33.4. The third kappa shape index (κ3) is 2.22. The minimum Gasteiger partial charge on any atom is -0.398 e. The molecule has 4 rings (SSSR count). The van der Waals surface area contributed by atoms with Gasteiger partial charge in [0, 0.05) is 25.0 Å².